The minimum absolute atomic E-state index is 0.579. The molecule has 2 aromatic heterocycles. The van der Waals surface area contributed by atoms with Crippen LogP contribution in [0.3, 0.4) is 0 Å². The molecule has 0 saturated carbocycles. The van der Waals surface area contributed by atoms with Crippen LogP contribution in [0.5, 0.6) is 23.0 Å². The van der Waals surface area contributed by atoms with Gasteiger partial charge in [-0.25, -0.2) is 0 Å². The Balaban J connectivity index is 0.933. The van der Waals surface area contributed by atoms with E-state index in [-0.39, 0.29) is 0 Å². The second-order valence-corrected chi connectivity index (χ2v) is 21.5. The lowest BCUT2D eigenvalue weighted by Crippen LogP contribution is -2.58. The van der Waals surface area contributed by atoms with E-state index in [1.165, 1.54) is 21.5 Å². The first-order valence-electron chi connectivity index (χ1n) is 28.0. The summed E-state index contributed by atoms with van der Waals surface area (Å²) in [7, 11) is 0. The molecule has 14 aromatic rings. The standard InChI is InChI=1S/C72H45B2N5O3/c1-4-22-46(23-5-1)75-61-36-18-20-38-67(61)81-73-55-44-56-69(45-63(55)77(48-26-8-3-9-27-48)65-41-49(40-64(75)71(65)73)78-57-32-14-10-28-51(57)52-29-11-15-33-58(52)78)80-70-43-50(79-59-34-16-12-30-53(59)54-31-13-17-35-60(54)79)42-66-72(70)74(56)82-68-39-21-19-37-62(68)76(66)47-24-6-2-7-25-47/h1-45H. The minimum Gasteiger partial charge on any atom is -0.550 e. The Hall–Kier alpha value is -10.8. The van der Waals surface area contributed by atoms with Gasteiger partial charge in [0.05, 0.1) is 50.5 Å². The third-order valence-corrected chi connectivity index (χ3v) is 17.1. The first-order chi connectivity index (χ1) is 40.7. The Bertz CT molecular complexity index is 4860. The van der Waals surface area contributed by atoms with Gasteiger partial charge >= 0.3 is 13.8 Å². The highest BCUT2D eigenvalue weighted by Crippen LogP contribution is 2.51. The lowest BCUT2D eigenvalue weighted by atomic mass is 9.47. The molecule has 12 aromatic carbocycles. The van der Waals surface area contributed by atoms with Crippen molar-refractivity contribution in [3.8, 4) is 34.4 Å². The van der Waals surface area contributed by atoms with Crippen molar-refractivity contribution in [1.29, 1.82) is 0 Å². The summed E-state index contributed by atoms with van der Waals surface area (Å²) in [5.41, 5.74) is 19.2. The molecule has 8 nitrogen and oxygen atoms in total. The maximum Gasteiger partial charge on any atom is 0.436 e. The molecule has 0 saturated heterocycles. The molecule has 0 N–H and O–H groups in total. The minimum atomic E-state index is -0.594. The molecule has 4 aliphatic heterocycles. The number of ether oxygens (including phenoxy) is 1. The van der Waals surface area contributed by atoms with Gasteiger partial charge < -0.3 is 37.9 Å². The van der Waals surface area contributed by atoms with E-state index in [1.54, 1.807) is 0 Å². The summed E-state index contributed by atoms with van der Waals surface area (Å²) >= 11 is 0. The van der Waals surface area contributed by atoms with Gasteiger partial charge in [-0.1, -0.05) is 158 Å². The van der Waals surface area contributed by atoms with Gasteiger partial charge in [-0.2, -0.15) is 0 Å². The van der Waals surface area contributed by atoms with Gasteiger partial charge in [0.15, 0.2) is 0 Å². The molecule has 82 heavy (non-hydrogen) atoms. The number of fused-ring (bicyclic) bond motifs is 12. The zero-order valence-corrected chi connectivity index (χ0v) is 44.1. The van der Waals surface area contributed by atoms with E-state index >= 15 is 0 Å². The van der Waals surface area contributed by atoms with Gasteiger partial charge in [0, 0.05) is 84.2 Å². The highest BCUT2D eigenvalue weighted by molar-refractivity contribution is 6.88. The summed E-state index contributed by atoms with van der Waals surface area (Å²) in [6, 6.07) is 97.6. The number of benzene rings is 12. The van der Waals surface area contributed by atoms with Crippen LogP contribution in [0.15, 0.2) is 273 Å². The number of nitrogens with zero attached hydrogens (tertiary/aromatic N) is 5. The third-order valence-electron chi connectivity index (χ3n) is 17.1. The van der Waals surface area contributed by atoms with E-state index < -0.39 is 13.8 Å². The summed E-state index contributed by atoms with van der Waals surface area (Å²) in [5.74, 6) is 2.96. The Morgan fingerprint density at radius 2 is 0.610 bits per heavy atom. The number of hydrogen-bond acceptors (Lipinski definition) is 6. The lowest BCUT2D eigenvalue weighted by molar-refractivity contribution is 0.481. The lowest BCUT2D eigenvalue weighted by Gasteiger charge is -2.39. The smallest absolute Gasteiger partial charge is 0.436 e. The molecular weight excluding hydrogens is 1000 g/mol. The molecule has 382 valence electrons. The van der Waals surface area contributed by atoms with Crippen LogP contribution >= 0.6 is 0 Å². The summed E-state index contributed by atoms with van der Waals surface area (Å²) in [6.07, 6.45) is 0. The first kappa shape index (κ1) is 45.1. The van der Waals surface area contributed by atoms with Crippen LogP contribution < -0.4 is 50.6 Å². The molecule has 10 heteroatoms. The monoisotopic (exact) mass is 1050 g/mol. The van der Waals surface area contributed by atoms with Gasteiger partial charge in [0.1, 0.15) is 23.0 Å². The average Bonchev–Trinajstić information content (AvgIpc) is 3.90. The molecule has 18 rings (SSSR count). The van der Waals surface area contributed by atoms with Crippen LogP contribution in [0.2, 0.25) is 0 Å². The van der Waals surface area contributed by atoms with Crippen LogP contribution in [-0.4, -0.2) is 23.0 Å². The largest absolute Gasteiger partial charge is 0.550 e. The van der Waals surface area contributed by atoms with Crippen LogP contribution in [-0.2, 0) is 0 Å². The molecular formula is C72H45B2N5O3. The van der Waals surface area contributed by atoms with Crippen LogP contribution in [0.1, 0.15) is 0 Å². The van der Waals surface area contributed by atoms with Crippen molar-refractivity contribution in [1.82, 2.24) is 9.13 Å². The second-order valence-electron chi connectivity index (χ2n) is 21.5. The summed E-state index contributed by atoms with van der Waals surface area (Å²) in [4.78, 5) is 7.16. The van der Waals surface area contributed by atoms with Gasteiger partial charge in [0.2, 0.25) is 0 Å². The number of hydrogen-bond donors (Lipinski definition) is 0. The van der Waals surface area contributed by atoms with Crippen molar-refractivity contribution >= 4 is 130 Å². The van der Waals surface area contributed by atoms with Gasteiger partial charge in [-0.05, 0) is 109 Å². The van der Waals surface area contributed by atoms with Gasteiger partial charge in [-0.15, -0.1) is 0 Å². The Morgan fingerprint density at radius 1 is 0.244 bits per heavy atom. The summed E-state index contributed by atoms with van der Waals surface area (Å²) in [5, 5.41) is 4.77. The normalized spacial score (nSPS) is 13.5. The van der Waals surface area contributed by atoms with Crippen molar-refractivity contribution in [2.24, 2.45) is 0 Å². The fourth-order valence-corrected chi connectivity index (χ4v) is 13.7. The van der Waals surface area contributed by atoms with Crippen molar-refractivity contribution in [3.63, 3.8) is 0 Å². The molecule has 0 fully saturated rings. The molecule has 4 aliphatic rings. The molecule has 0 aliphatic carbocycles. The van der Waals surface area contributed by atoms with Crippen molar-refractivity contribution in [2.75, 3.05) is 14.7 Å². The quantitative estimate of drug-likeness (QED) is 0.160. The van der Waals surface area contributed by atoms with Crippen molar-refractivity contribution < 1.29 is 14.0 Å². The van der Waals surface area contributed by atoms with E-state index in [9.17, 15) is 0 Å². The maximum absolute atomic E-state index is 7.68. The summed E-state index contributed by atoms with van der Waals surface area (Å²) in [6.45, 7) is -1.17. The fraction of sp³-hybridized carbons (Fsp3) is 0. The number of para-hydroxylation sites is 11. The predicted octanol–water partition coefficient (Wildman–Crippen LogP) is 15.7. The highest BCUT2D eigenvalue weighted by atomic mass is 16.5. The van der Waals surface area contributed by atoms with Crippen molar-refractivity contribution in [3.05, 3.63) is 273 Å². The van der Waals surface area contributed by atoms with Crippen LogP contribution in [0.4, 0.5) is 51.2 Å². The van der Waals surface area contributed by atoms with E-state index in [0.29, 0.717) is 5.75 Å². The van der Waals surface area contributed by atoms with E-state index in [4.69, 9.17) is 14.0 Å². The number of rotatable bonds is 5. The predicted molar refractivity (Wildman–Crippen MR) is 337 cm³/mol. The van der Waals surface area contributed by atoms with Crippen molar-refractivity contribution in [2.45, 2.75) is 0 Å². The van der Waals surface area contributed by atoms with Gasteiger partial charge in [0.25, 0.3) is 0 Å². The summed E-state index contributed by atoms with van der Waals surface area (Å²) < 4.78 is 27.7. The van der Waals surface area contributed by atoms with Gasteiger partial charge in [-0.3, -0.25) is 0 Å². The highest BCUT2D eigenvalue weighted by Gasteiger charge is 2.48. The number of aromatic nitrogens is 2. The molecule has 0 spiro atoms. The molecule has 6 heterocycles. The number of anilines is 9. The SMILES string of the molecule is c1ccc(N2c3ccccc3OB3c4cc5c(cc4Oc4cc(-n6c7ccccc7c7ccccc76)cc2c43)N(c2ccccc2)c2cc(-n3c4ccccc4c4ccccc43)cc3c2B5Oc2ccccc2N3c2ccccc2)cc1. The topological polar surface area (TPSA) is 47.3 Å². The Morgan fingerprint density at radius 3 is 1.07 bits per heavy atom. The third kappa shape index (κ3) is 6.45. The van der Waals surface area contributed by atoms with E-state index in [0.717, 1.165) is 124 Å². The maximum atomic E-state index is 7.68. The fourth-order valence-electron chi connectivity index (χ4n) is 13.7. The molecule has 0 atom stereocenters. The van der Waals surface area contributed by atoms with E-state index in [1.807, 2.05) is 0 Å². The average molecular weight is 1050 g/mol. The zero-order valence-electron chi connectivity index (χ0n) is 44.1. The molecule has 0 bridgehead atoms. The first-order valence-corrected chi connectivity index (χ1v) is 28.0. The van der Waals surface area contributed by atoms with E-state index in [2.05, 4.69) is 297 Å². The van der Waals surface area contributed by atoms with Crippen LogP contribution in [0.25, 0.3) is 55.0 Å². The second kappa shape index (κ2) is 17.3. The zero-order chi connectivity index (χ0) is 53.6. The molecule has 0 amide bonds. The molecule has 0 radical (unpaired) electrons. The van der Waals surface area contributed by atoms with Crippen LogP contribution in [0, 0.1) is 0 Å². The Labute approximate surface area is 473 Å². The molecule has 0 unspecified atom stereocenters. The Kier molecular flexibility index (Phi) is 9.53.